The first-order chi connectivity index (χ1) is 8.50. The summed E-state index contributed by atoms with van der Waals surface area (Å²) in [5.74, 6) is 0.396. The van der Waals surface area contributed by atoms with E-state index in [1.807, 2.05) is 6.07 Å². The number of aromatic amines is 1. The van der Waals surface area contributed by atoms with Gasteiger partial charge in [-0.2, -0.15) is 5.10 Å². The van der Waals surface area contributed by atoms with Crippen LogP contribution in [-0.2, 0) is 16.4 Å². The third kappa shape index (κ3) is 2.92. The number of nitrogens with one attached hydrogen (secondary N) is 1. The van der Waals surface area contributed by atoms with Crippen molar-refractivity contribution in [3.8, 4) is 0 Å². The van der Waals surface area contributed by atoms with Crippen molar-refractivity contribution in [2.24, 2.45) is 5.92 Å². The topological polar surface area (TPSA) is 66.1 Å². The normalized spacial score (nSPS) is 22.5. The molecular formula is C12H21N3O2S. The number of hydrogen-bond donors (Lipinski definition) is 1. The second-order valence-corrected chi connectivity index (χ2v) is 7.74. The Bertz CT molecular complexity index is 468. The Morgan fingerprint density at radius 1 is 1.56 bits per heavy atom. The molecule has 1 aliphatic rings. The molecule has 1 atom stereocenters. The van der Waals surface area contributed by atoms with E-state index in [1.165, 1.54) is 0 Å². The molecule has 2 rings (SSSR count). The minimum Gasteiger partial charge on any atom is -0.283 e. The van der Waals surface area contributed by atoms with Crippen molar-refractivity contribution in [3.05, 3.63) is 18.0 Å². The summed E-state index contributed by atoms with van der Waals surface area (Å²) in [6.45, 7) is 4.79. The van der Waals surface area contributed by atoms with Gasteiger partial charge in [0.05, 0.1) is 5.25 Å². The van der Waals surface area contributed by atoms with Gasteiger partial charge in [-0.15, -0.1) is 0 Å². The lowest BCUT2D eigenvalue weighted by Crippen LogP contribution is -2.43. The van der Waals surface area contributed by atoms with E-state index in [-0.39, 0.29) is 5.25 Å². The maximum absolute atomic E-state index is 12.1. The van der Waals surface area contributed by atoms with Gasteiger partial charge in [0, 0.05) is 25.0 Å². The molecule has 18 heavy (non-hydrogen) atoms. The summed E-state index contributed by atoms with van der Waals surface area (Å²) < 4.78 is 25.9. The van der Waals surface area contributed by atoms with Gasteiger partial charge in [0.2, 0.25) is 10.0 Å². The second kappa shape index (κ2) is 5.40. The Morgan fingerprint density at radius 2 is 2.33 bits per heavy atom. The maximum atomic E-state index is 12.1. The fraction of sp³-hybridized carbons (Fsp3) is 0.750. The van der Waals surface area contributed by atoms with E-state index in [4.69, 9.17) is 0 Å². The lowest BCUT2D eigenvalue weighted by Gasteiger charge is -2.32. The van der Waals surface area contributed by atoms with Crippen LogP contribution in [0.2, 0.25) is 0 Å². The molecule has 1 aliphatic heterocycles. The number of rotatable bonds is 4. The Hall–Kier alpha value is -0.880. The predicted molar refractivity (Wildman–Crippen MR) is 70.6 cm³/mol. The van der Waals surface area contributed by atoms with Gasteiger partial charge in [-0.3, -0.25) is 5.10 Å². The molecule has 1 saturated heterocycles. The third-order valence-electron chi connectivity index (χ3n) is 3.50. The molecule has 1 N–H and O–H groups in total. The first-order valence-electron chi connectivity index (χ1n) is 6.47. The number of hydrogen-bond acceptors (Lipinski definition) is 3. The Labute approximate surface area is 109 Å². The smallest absolute Gasteiger partial charge is 0.216 e. The van der Waals surface area contributed by atoms with Crippen molar-refractivity contribution in [1.82, 2.24) is 14.5 Å². The van der Waals surface area contributed by atoms with Gasteiger partial charge >= 0.3 is 0 Å². The Kier molecular flexibility index (Phi) is 4.07. The van der Waals surface area contributed by atoms with Crippen LogP contribution in [0.25, 0.3) is 0 Å². The molecule has 1 aromatic heterocycles. The number of piperidine rings is 1. The fourth-order valence-corrected chi connectivity index (χ4v) is 3.83. The van der Waals surface area contributed by atoms with Crippen molar-refractivity contribution >= 4 is 10.0 Å². The summed E-state index contributed by atoms with van der Waals surface area (Å²) >= 11 is 0. The van der Waals surface area contributed by atoms with Crippen LogP contribution >= 0.6 is 0 Å². The molecule has 0 saturated carbocycles. The van der Waals surface area contributed by atoms with Gasteiger partial charge in [-0.25, -0.2) is 12.7 Å². The van der Waals surface area contributed by atoms with Crippen LogP contribution in [0.5, 0.6) is 0 Å². The van der Waals surface area contributed by atoms with Crippen LogP contribution < -0.4 is 0 Å². The van der Waals surface area contributed by atoms with Crippen LogP contribution in [0, 0.1) is 5.92 Å². The quantitative estimate of drug-likeness (QED) is 0.900. The molecule has 0 radical (unpaired) electrons. The first kappa shape index (κ1) is 13.5. The van der Waals surface area contributed by atoms with E-state index < -0.39 is 10.0 Å². The number of aromatic nitrogens is 2. The molecule has 0 spiro atoms. The Balaban J connectivity index is 2.01. The largest absolute Gasteiger partial charge is 0.283 e. The van der Waals surface area contributed by atoms with E-state index in [0.29, 0.717) is 19.0 Å². The summed E-state index contributed by atoms with van der Waals surface area (Å²) in [7, 11) is -3.10. The van der Waals surface area contributed by atoms with E-state index in [2.05, 4.69) is 10.2 Å². The molecule has 102 valence electrons. The molecule has 2 heterocycles. The van der Waals surface area contributed by atoms with E-state index in [0.717, 1.165) is 25.0 Å². The van der Waals surface area contributed by atoms with E-state index >= 15 is 0 Å². The van der Waals surface area contributed by atoms with E-state index in [1.54, 1.807) is 24.3 Å². The van der Waals surface area contributed by atoms with Crippen molar-refractivity contribution in [1.29, 1.82) is 0 Å². The minimum absolute atomic E-state index is 0.330. The molecule has 0 aliphatic carbocycles. The van der Waals surface area contributed by atoms with Crippen molar-refractivity contribution in [3.63, 3.8) is 0 Å². The number of H-pyrrole nitrogens is 1. The zero-order chi connectivity index (χ0) is 13.2. The van der Waals surface area contributed by atoms with Crippen molar-refractivity contribution < 1.29 is 8.42 Å². The molecule has 1 aromatic rings. The summed E-state index contributed by atoms with van der Waals surface area (Å²) in [5, 5.41) is 6.54. The molecule has 0 aromatic carbocycles. The fourth-order valence-electron chi connectivity index (χ4n) is 2.43. The standard InChI is InChI=1S/C12H21N3O2S/c1-10(2)18(16,17)15-7-3-4-11(9-15)8-12-5-6-13-14-12/h5-6,10-11H,3-4,7-9H2,1-2H3,(H,13,14)/t11-/m0/s1. The van der Waals surface area contributed by atoms with Crippen LogP contribution in [0.4, 0.5) is 0 Å². The lowest BCUT2D eigenvalue weighted by molar-refractivity contribution is 0.262. The molecule has 1 fully saturated rings. The van der Waals surface area contributed by atoms with Gasteiger partial charge in [-0.1, -0.05) is 0 Å². The summed E-state index contributed by atoms with van der Waals surface area (Å²) in [5.41, 5.74) is 1.09. The van der Waals surface area contributed by atoms with Gasteiger partial charge in [0.1, 0.15) is 0 Å². The van der Waals surface area contributed by atoms with E-state index in [9.17, 15) is 8.42 Å². The SMILES string of the molecule is CC(C)S(=O)(=O)N1CCC[C@@H](Cc2ccn[nH]2)C1. The molecule has 6 heteroatoms. The van der Waals surface area contributed by atoms with Gasteiger partial charge in [0.15, 0.2) is 0 Å². The summed E-state index contributed by atoms with van der Waals surface area (Å²) in [6, 6.07) is 1.95. The minimum atomic E-state index is -3.10. The second-order valence-electron chi connectivity index (χ2n) is 5.25. The highest BCUT2D eigenvalue weighted by atomic mass is 32.2. The number of nitrogens with zero attached hydrogens (tertiary/aromatic N) is 2. The zero-order valence-corrected chi connectivity index (χ0v) is 11.8. The average Bonchev–Trinajstić information content (AvgIpc) is 2.82. The molecule has 5 nitrogen and oxygen atoms in total. The summed E-state index contributed by atoms with van der Waals surface area (Å²) in [4.78, 5) is 0. The average molecular weight is 271 g/mol. The predicted octanol–water partition coefficient (Wildman–Crippen LogP) is 1.40. The van der Waals surface area contributed by atoms with Gasteiger partial charge in [0.25, 0.3) is 0 Å². The Morgan fingerprint density at radius 3 is 2.94 bits per heavy atom. The first-order valence-corrected chi connectivity index (χ1v) is 7.97. The molecule has 0 bridgehead atoms. The molecule has 0 unspecified atom stereocenters. The van der Waals surface area contributed by atoms with Crippen LogP contribution in [0.15, 0.2) is 12.3 Å². The number of sulfonamides is 1. The van der Waals surface area contributed by atoms with Gasteiger partial charge < -0.3 is 0 Å². The van der Waals surface area contributed by atoms with Gasteiger partial charge in [-0.05, 0) is 45.1 Å². The zero-order valence-electron chi connectivity index (χ0n) is 11.0. The van der Waals surface area contributed by atoms with Crippen molar-refractivity contribution in [2.45, 2.75) is 38.4 Å². The third-order valence-corrected chi connectivity index (χ3v) is 5.75. The highest BCUT2D eigenvalue weighted by Crippen LogP contribution is 2.23. The monoisotopic (exact) mass is 271 g/mol. The highest BCUT2D eigenvalue weighted by molar-refractivity contribution is 7.89. The van der Waals surface area contributed by atoms with Crippen LogP contribution in [0.1, 0.15) is 32.4 Å². The molecular weight excluding hydrogens is 250 g/mol. The van der Waals surface area contributed by atoms with Crippen molar-refractivity contribution in [2.75, 3.05) is 13.1 Å². The summed E-state index contributed by atoms with van der Waals surface area (Å²) in [6.07, 6.45) is 4.65. The van der Waals surface area contributed by atoms with Crippen LogP contribution in [-0.4, -0.2) is 41.3 Å². The lowest BCUT2D eigenvalue weighted by atomic mass is 9.95. The molecule has 0 amide bonds. The van der Waals surface area contributed by atoms with Crippen LogP contribution in [0.3, 0.4) is 0 Å². The highest BCUT2D eigenvalue weighted by Gasteiger charge is 2.30. The maximum Gasteiger partial charge on any atom is 0.216 e.